The highest BCUT2D eigenvalue weighted by Gasteiger charge is 2.38. The van der Waals surface area contributed by atoms with E-state index in [1.807, 2.05) is 49.0 Å². The maximum Gasteiger partial charge on any atom is 0.425 e. The predicted molar refractivity (Wildman–Crippen MR) is 149 cm³/mol. The Balaban J connectivity index is 1.40. The number of aromatic nitrogens is 2. The molecule has 1 aromatic heterocycles. The molecule has 0 aliphatic carbocycles. The van der Waals surface area contributed by atoms with Gasteiger partial charge in [-0.3, -0.25) is 9.69 Å². The number of cyclic esters (lactones) is 1. The fourth-order valence-electron chi connectivity index (χ4n) is 4.65. The smallest absolute Gasteiger partial charge is 0.425 e. The minimum Gasteiger partial charge on any atom is -0.480 e. The van der Waals surface area contributed by atoms with Gasteiger partial charge in [0, 0.05) is 37.0 Å². The van der Waals surface area contributed by atoms with Gasteiger partial charge in [0.1, 0.15) is 18.2 Å². The molecule has 4 rings (SSSR count). The molecule has 2 N–H and O–H groups in total. The Morgan fingerprint density at radius 3 is 2.52 bits per heavy atom. The van der Waals surface area contributed by atoms with Crippen LogP contribution in [0.1, 0.15) is 48.1 Å². The second-order valence-electron chi connectivity index (χ2n) is 10.1. The van der Waals surface area contributed by atoms with Crippen LogP contribution in [0.2, 0.25) is 5.02 Å². The molecular formula is C29H32ClF3N4O5. The number of hydrogen-bond acceptors (Lipinski definition) is 6. The van der Waals surface area contributed by atoms with Gasteiger partial charge >= 0.3 is 12.3 Å². The number of amides is 2. The van der Waals surface area contributed by atoms with E-state index in [-0.39, 0.29) is 41.5 Å². The van der Waals surface area contributed by atoms with Gasteiger partial charge in [-0.05, 0) is 50.5 Å². The minimum atomic E-state index is -4.56. The average Bonchev–Trinajstić information content (AvgIpc) is 3.54. The van der Waals surface area contributed by atoms with Crippen molar-refractivity contribution in [3.05, 3.63) is 70.6 Å². The molecule has 1 aliphatic heterocycles. The molecule has 3 atom stereocenters. The highest BCUT2D eigenvalue weighted by atomic mass is 35.5. The number of nitrogens with zero attached hydrogens (tertiary/aromatic N) is 3. The van der Waals surface area contributed by atoms with Crippen LogP contribution in [0.25, 0.3) is 11.3 Å². The molecule has 2 amide bonds. The van der Waals surface area contributed by atoms with E-state index in [2.05, 4.69) is 5.32 Å². The zero-order valence-corrected chi connectivity index (χ0v) is 24.1. The van der Waals surface area contributed by atoms with E-state index >= 15 is 0 Å². The topological polar surface area (TPSA) is 106 Å². The molecule has 1 aliphatic rings. The molecule has 1 unspecified atom stereocenters. The fraction of sp³-hybridized carbons (Fsp3) is 0.414. The Kier molecular flexibility index (Phi) is 9.67. The first kappa shape index (κ1) is 31.2. The highest BCUT2D eigenvalue weighted by Crippen LogP contribution is 2.31. The van der Waals surface area contributed by atoms with Crippen LogP contribution in [0.3, 0.4) is 0 Å². The Morgan fingerprint density at radius 1 is 1.21 bits per heavy atom. The van der Waals surface area contributed by atoms with Crippen molar-refractivity contribution in [1.29, 1.82) is 0 Å². The summed E-state index contributed by atoms with van der Waals surface area (Å²) in [4.78, 5) is 31.2. The number of ether oxygens (including phenoxy) is 2. The molecule has 9 nitrogen and oxygen atoms in total. The molecule has 13 heteroatoms. The van der Waals surface area contributed by atoms with Crippen LogP contribution in [0, 0.1) is 0 Å². The molecule has 0 saturated carbocycles. The third-order valence-electron chi connectivity index (χ3n) is 7.05. The van der Waals surface area contributed by atoms with Gasteiger partial charge in [0.2, 0.25) is 0 Å². The van der Waals surface area contributed by atoms with E-state index in [1.165, 1.54) is 18.2 Å². The van der Waals surface area contributed by atoms with Crippen LogP contribution in [0.15, 0.2) is 48.7 Å². The maximum absolute atomic E-state index is 12.9. The molecule has 2 heterocycles. The largest absolute Gasteiger partial charge is 0.480 e. The summed E-state index contributed by atoms with van der Waals surface area (Å²) in [5.41, 5.74) is 2.67. The van der Waals surface area contributed by atoms with Crippen molar-refractivity contribution >= 4 is 23.6 Å². The SMILES string of the molecule is C[C@@H](c1nc(-c2ccc(CC(CCO)NC(=O)c3ccc(O[C@H](C)C(F)(F)F)c(Cl)c3)cc2)cn1C)N1CCOC1=O. The number of imidazole rings is 1. The number of aryl methyl sites for hydroxylation is 1. The van der Waals surface area contributed by atoms with Gasteiger partial charge in [0.15, 0.2) is 6.10 Å². The Morgan fingerprint density at radius 2 is 1.93 bits per heavy atom. The minimum absolute atomic E-state index is 0.125. The quantitative estimate of drug-likeness (QED) is 0.306. The molecule has 0 bridgehead atoms. The molecule has 2 aromatic carbocycles. The predicted octanol–water partition coefficient (Wildman–Crippen LogP) is 5.31. The number of halogens is 4. The van der Waals surface area contributed by atoms with E-state index in [0.717, 1.165) is 29.6 Å². The van der Waals surface area contributed by atoms with Crippen molar-refractivity contribution in [3.8, 4) is 17.0 Å². The number of aliphatic hydroxyl groups excluding tert-OH is 1. The summed E-state index contributed by atoms with van der Waals surface area (Å²) in [5, 5.41) is 12.3. The van der Waals surface area contributed by atoms with Crippen molar-refractivity contribution in [2.24, 2.45) is 7.05 Å². The summed E-state index contributed by atoms with van der Waals surface area (Å²) in [7, 11) is 1.87. The standard InChI is InChI=1S/C29H32ClF3N4O5/c1-17(37-11-13-41-28(37)40)26-35-24(16-36(26)3)20-6-4-19(5-7-20)14-22(10-12-38)34-27(39)21-8-9-25(23(30)15-21)42-18(2)29(31,32)33/h4-9,15-18,22,38H,10-14H2,1-3H3,(H,34,39)/t17-,18+,22?/m0/s1. The van der Waals surface area contributed by atoms with Gasteiger partial charge in [0.25, 0.3) is 5.91 Å². The first-order valence-corrected chi connectivity index (χ1v) is 13.8. The molecule has 226 valence electrons. The van der Waals surface area contributed by atoms with Crippen LogP contribution in [0.5, 0.6) is 5.75 Å². The van der Waals surface area contributed by atoms with Crippen LogP contribution < -0.4 is 10.1 Å². The highest BCUT2D eigenvalue weighted by molar-refractivity contribution is 6.32. The van der Waals surface area contributed by atoms with E-state index in [1.54, 1.807) is 4.90 Å². The summed E-state index contributed by atoms with van der Waals surface area (Å²) in [6.07, 6.45) is -4.38. The molecule has 1 saturated heterocycles. The Labute approximate surface area is 246 Å². The lowest BCUT2D eigenvalue weighted by Gasteiger charge is -2.20. The monoisotopic (exact) mass is 608 g/mol. The summed E-state index contributed by atoms with van der Waals surface area (Å²) in [5.74, 6) is 0.0608. The van der Waals surface area contributed by atoms with Gasteiger partial charge in [-0.1, -0.05) is 35.9 Å². The molecular weight excluding hydrogens is 577 g/mol. The number of alkyl halides is 3. The number of carbonyl (C=O) groups excluding carboxylic acids is 2. The van der Waals surface area contributed by atoms with Gasteiger partial charge in [-0.2, -0.15) is 13.2 Å². The van der Waals surface area contributed by atoms with Crippen molar-refractivity contribution in [1.82, 2.24) is 19.8 Å². The van der Waals surface area contributed by atoms with Crippen LogP contribution in [0.4, 0.5) is 18.0 Å². The summed E-state index contributed by atoms with van der Waals surface area (Å²) < 4.78 is 50.3. The average molecular weight is 609 g/mol. The van der Waals surface area contributed by atoms with Crippen molar-refractivity contribution < 1.29 is 37.3 Å². The number of benzene rings is 2. The number of nitrogens with one attached hydrogen (secondary N) is 1. The Hall–Kier alpha value is -3.77. The lowest BCUT2D eigenvalue weighted by atomic mass is 10.0. The zero-order valence-electron chi connectivity index (χ0n) is 23.3. The van der Waals surface area contributed by atoms with Crippen molar-refractivity contribution in [2.45, 2.75) is 51.1 Å². The second-order valence-corrected chi connectivity index (χ2v) is 10.5. The third-order valence-corrected chi connectivity index (χ3v) is 7.34. The first-order chi connectivity index (χ1) is 19.9. The van der Waals surface area contributed by atoms with Gasteiger partial charge in [-0.15, -0.1) is 0 Å². The summed E-state index contributed by atoms with van der Waals surface area (Å²) >= 11 is 6.09. The van der Waals surface area contributed by atoms with E-state index in [0.29, 0.717) is 19.6 Å². The van der Waals surface area contributed by atoms with Gasteiger partial charge in [-0.25, -0.2) is 9.78 Å². The fourth-order valence-corrected chi connectivity index (χ4v) is 4.87. The maximum atomic E-state index is 12.9. The molecule has 0 radical (unpaired) electrons. The number of carbonyl (C=O) groups is 2. The lowest BCUT2D eigenvalue weighted by molar-refractivity contribution is -0.189. The number of rotatable bonds is 11. The molecule has 1 fully saturated rings. The molecule has 42 heavy (non-hydrogen) atoms. The van der Waals surface area contributed by atoms with E-state index in [9.17, 15) is 27.9 Å². The van der Waals surface area contributed by atoms with Crippen molar-refractivity contribution in [3.63, 3.8) is 0 Å². The lowest BCUT2D eigenvalue weighted by Crippen LogP contribution is -2.37. The number of aliphatic hydroxyl groups is 1. The van der Waals surface area contributed by atoms with Crippen LogP contribution >= 0.6 is 11.6 Å². The van der Waals surface area contributed by atoms with E-state index in [4.69, 9.17) is 26.1 Å². The van der Waals surface area contributed by atoms with Gasteiger partial charge < -0.3 is 24.5 Å². The third kappa shape index (κ3) is 7.35. The zero-order chi connectivity index (χ0) is 30.6. The molecule has 0 spiro atoms. The second kappa shape index (κ2) is 13.0. The summed E-state index contributed by atoms with van der Waals surface area (Å²) in [6, 6.07) is 10.8. The molecule has 3 aromatic rings. The Bertz CT molecular complexity index is 1410. The van der Waals surface area contributed by atoms with Crippen LogP contribution in [-0.2, 0) is 18.2 Å². The van der Waals surface area contributed by atoms with Crippen molar-refractivity contribution in [2.75, 3.05) is 19.8 Å². The van der Waals surface area contributed by atoms with Gasteiger partial charge in [0.05, 0.1) is 23.3 Å². The number of hydrogen-bond donors (Lipinski definition) is 2. The summed E-state index contributed by atoms with van der Waals surface area (Å²) in [6.45, 7) is 3.48. The normalized spacial score (nSPS) is 15.7. The first-order valence-electron chi connectivity index (χ1n) is 13.4. The van der Waals surface area contributed by atoms with Crippen LogP contribution in [-0.4, -0.2) is 69.6 Å². The van der Waals surface area contributed by atoms with E-state index < -0.39 is 24.2 Å².